The summed E-state index contributed by atoms with van der Waals surface area (Å²) in [5, 5.41) is 0. The van der Waals surface area contributed by atoms with Gasteiger partial charge in [-0.15, -0.1) is 0 Å². The largest absolute Gasteiger partial charge is 0.470 e. The number of rotatable bonds is 4. The molecular weight excluding hydrogens is 282 g/mol. The molecule has 2 saturated heterocycles. The van der Waals surface area contributed by atoms with Gasteiger partial charge in [-0.3, -0.25) is 4.79 Å². The number of hydrogen-bond donors (Lipinski definition) is 0. The van der Waals surface area contributed by atoms with E-state index < -0.39 is 0 Å². The number of pyridine rings is 1. The fraction of sp³-hybridized carbons (Fsp3) is 0.625. The van der Waals surface area contributed by atoms with E-state index in [1.54, 1.807) is 6.20 Å². The minimum Gasteiger partial charge on any atom is -0.470 e. The summed E-state index contributed by atoms with van der Waals surface area (Å²) < 4.78 is 11.9. The highest BCUT2D eigenvalue weighted by atomic mass is 16.5. The molecule has 6 heteroatoms. The van der Waals surface area contributed by atoms with Crippen LogP contribution in [0.15, 0.2) is 24.4 Å². The molecule has 3 rings (SSSR count). The molecule has 0 aromatic carbocycles. The van der Waals surface area contributed by atoms with Gasteiger partial charge in [0.25, 0.3) is 0 Å². The summed E-state index contributed by atoms with van der Waals surface area (Å²) >= 11 is 0. The van der Waals surface area contributed by atoms with Crippen LogP contribution in [0.2, 0.25) is 0 Å². The molecule has 0 N–H and O–H groups in total. The molecule has 6 nitrogen and oxygen atoms in total. The van der Waals surface area contributed by atoms with Crippen LogP contribution in [-0.4, -0.2) is 72.7 Å². The van der Waals surface area contributed by atoms with Gasteiger partial charge in [-0.05, 0) is 33.0 Å². The number of amides is 1. The third-order valence-corrected chi connectivity index (χ3v) is 4.16. The van der Waals surface area contributed by atoms with Crippen molar-refractivity contribution >= 4 is 5.91 Å². The van der Waals surface area contributed by atoms with E-state index in [0.717, 1.165) is 19.4 Å². The smallest absolute Gasteiger partial charge is 0.237 e. The van der Waals surface area contributed by atoms with Gasteiger partial charge in [-0.2, -0.15) is 0 Å². The third kappa shape index (κ3) is 3.23. The van der Waals surface area contributed by atoms with Crippen LogP contribution in [0.4, 0.5) is 0 Å². The molecule has 1 amide bonds. The summed E-state index contributed by atoms with van der Waals surface area (Å²) in [6, 6.07) is 5.71. The van der Waals surface area contributed by atoms with E-state index >= 15 is 0 Å². The molecule has 0 radical (unpaired) electrons. The lowest BCUT2D eigenvalue weighted by Crippen LogP contribution is -2.46. The summed E-state index contributed by atoms with van der Waals surface area (Å²) in [6.07, 6.45) is 3.47. The van der Waals surface area contributed by atoms with Gasteiger partial charge in [0, 0.05) is 18.9 Å². The first kappa shape index (κ1) is 15.2. The number of likely N-dealkylation sites (tertiary alicyclic amines) is 1. The highest BCUT2D eigenvalue weighted by Crippen LogP contribution is 2.31. The molecule has 0 bridgehead atoms. The van der Waals surface area contributed by atoms with Crippen LogP contribution in [-0.2, 0) is 9.53 Å². The SMILES string of the molecule is CN(C)CC(=O)N1C[C@@H](Oc2ccccn2)[C@H]2OCCC[C@H]21. The normalized spacial score (nSPS) is 27.8. The first-order valence-corrected chi connectivity index (χ1v) is 7.78. The lowest BCUT2D eigenvalue weighted by Gasteiger charge is -2.32. The van der Waals surface area contributed by atoms with E-state index in [9.17, 15) is 4.79 Å². The highest BCUT2D eigenvalue weighted by Gasteiger charge is 2.47. The Hall–Kier alpha value is -1.66. The monoisotopic (exact) mass is 305 g/mol. The van der Waals surface area contributed by atoms with Crippen LogP contribution in [0.25, 0.3) is 0 Å². The molecule has 1 aromatic heterocycles. The van der Waals surface area contributed by atoms with Crippen molar-refractivity contribution in [3.8, 4) is 5.88 Å². The number of ether oxygens (including phenoxy) is 2. The van der Waals surface area contributed by atoms with Crippen LogP contribution < -0.4 is 4.74 Å². The number of carbonyl (C=O) groups excluding carboxylic acids is 1. The molecule has 0 unspecified atom stereocenters. The van der Waals surface area contributed by atoms with E-state index in [0.29, 0.717) is 19.0 Å². The highest BCUT2D eigenvalue weighted by molar-refractivity contribution is 5.79. The zero-order chi connectivity index (χ0) is 15.5. The molecule has 2 aliphatic rings. The Morgan fingerprint density at radius 3 is 3.09 bits per heavy atom. The molecule has 1 aromatic rings. The lowest BCUT2D eigenvalue weighted by atomic mass is 10.0. The quantitative estimate of drug-likeness (QED) is 0.823. The predicted molar refractivity (Wildman–Crippen MR) is 81.7 cm³/mol. The second kappa shape index (κ2) is 6.62. The number of likely N-dealkylation sites (N-methyl/N-ethyl adjacent to an activating group) is 1. The van der Waals surface area contributed by atoms with Crippen molar-refractivity contribution in [2.24, 2.45) is 0 Å². The van der Waals surface area contributed by atoms with Crippen molar-refractivity contribution in [2.45, 2.75) is 31.1 Å². The van der Waals surface area contributed by atoms with Gasteiger partial charge in [0.1, 0.15) is 12.2 Å². The molecule has 0 spiro atoms. The number of nitrogens with zero attached hydrogens (tertiary/aromatic N) is 3. The van der Waals surface area contributed by atoms with E-state index in [1.165, 1.54) is 0 Å². The van der Waals surface area contributed by atoms with E-state index in [2.05, 4.69) is 4.98 Å². The van der Waals surface area contributed by atoms with Gasteiger partial charge >= 0.3 is 0 Å². The number of aromatic nitrogens is 1. The summed E-state index contributed by atoms with van der Waals surface area (Å²) in [6.45, 7) is 1.72. The van der Waals surface area contributed by atoms with Crippen molar-refractivity contribution < 1.29 is 14.3 Å². The predicted octanol–water partition coefficient (Wildman–Crippen LogP) is 0.780. The molecule has 2 fully saturated rings. The van der Waals surface area contributed by atoms with Crippen LogP contribution in [0.1, 0.15) is 12.8 Å². The first-order chi connectivity index (χ1) is 10.6. The first-order valence-electron chi connectivity index (χ1n) is 7.78. The molecule has 2 aliphatic heterocycles. The Morgan fingerprint density at radius 2 is 2.36 bits per heavy atom. The van der Waals surface area contributed by atoms with Gasteiger partial charge in [0.2, 0.25) is 11.8 Å². The summed E-state index contributed by atoms with van der Waals surface area (Å²) in [7, 11) is 3.81. The van der Waals surface area contributed by atoms with Crippen molar-refractivity contribution in [2.75, 3.05) is 33.8 Å². The van der Waals surface area contributed by atoms with Gasteiger partial charge in [-0.25, -0.2) is 4.98 Å². The van der Waals surface area contributed by atoms with E-state index in [4.69, 9.17) is 9.47 Å². The van der Waals surface area contributed by atoms with E-state index in [1.807, 2.05) is 42.1 Å². The summed E-state index contributed by atoms with van der Waals surface area (Å²) in [4.78, 5) is 20.5. The Labute approximate surface area is 131 Å². The Balaban J connectivity index is 1.73. The molecule has 22 heavy (non-hydrogen) atoms. The van der Waals surface area contributed by atoms with Gasteiger partial charge < -0.3 is 19.3 Å². The molecule has 3 heterocycles. The third-order valence-electron chi connectivity index (χ3n) is 4.16. The van der Waals surface area contributed by atoms with Gasteiger partial charge in [0.05, 0.1) is 19.1 Å². The average molecular weight is 305 g/mol. The minimum atomic E-state index is -0.147. The second-order valence-corrected chi connectivity index (χ2v) is 6.15. The van der Waals surface area contributed by atoms with Crippen molar-refractivity contribution in [3.05, 3.63) is 24.4 Å². The van der Waals surface area contributed by atoms with Gasteiger partial charge in [-0.1, -0.05) is 6.07 Å². The van der Waals surface area contributed by atoms with Crippen LogP contribution in [0.5, 0.6) is 5.88 Å². The van der Waals surface area contributed by atoms with Gasteiger partial charge in [0.15, 0.2) is 0 Å². The fourth-order valence-electron chi connectivity index (χ4n) is 3.23. The fourth-order valence-corrected chi connectivity index (χ4v) is 3.23. The maximum Gasteiger partial charge on any atom is 0.237 e. The van der Waals surface area contributed by atoms with Crippen LogP contribution in [0, 0.1) is 0 Å². The van der Waals surface area contributed by atoms with Crippen LogP contribution >= 0.6 is 0 Å². The molecule has 0 saturated carbocycles. The number of fused-ring (bicyclic) bond motifs is 1. The standard InChI is InChI=1S/C16H23N3O3/c1-18(2)11-15(20)19-10-13(16-12(19)6-5-9-21-16)22-14-7-3-4-8-17-14/h3-4,7-8,12-13,16H,5-6,9-11H2,1-2H3/t12-,13-,16+/m1/s1. The number of carbonyl (C=O) groups is 1. The molecule has 120 valence electrons. The zero-order valence-electron chi connectivity index (χ0n) is 13.1. The Kier molecular flexibility index (Phi) is 4.59. The lowest BCUT2D eigenvalue weighted by molar-refractivity contribution is -0.135. The topological polar surface area (TPSA) is 54.9 Å². The Morgan fingerprint density at radius 1 is 1.50 bits per heavy atom. The molecule has 0 aliphatic carbocycles. The molecule has 3 atom stereocenters. The number of hydrogen-bond acceptors (Lipinski definition) is 5. The van der Waals surface area contributed by atoms with Crippen molar-refractivity contribution in [1.82, 2.24) is 14.8 Å². The average Bonchev–Trinajstić information content (AvgIpc) is 2.87. The molecular formula is C16H23N3O3. The maximum absolute atomic E-state index is 12.5. The van der Waals surface area contributed by atoms with Crippen LogP contribution in [0.3, 0.4) is 0 Å². The van der Waals surface area contributed by atoms with Crippen molar-refractivity contribution in [3.63, 3.8) is 0 Å². The maximum atomic E-state index is 12.5. The Bertz CT molecular complexity index is 509. The second-order valence-electron chi connectivity index (χ2n) is 6.15. The van der Waals surface area contributed by atoms with E-state index in [-0.39, 0.29) is 24.2 Å². The minimum absolute atomic E-state index is 0.0538. The summed E-state index contributed by atoms with van der Waals surface area (Å²) in [5.74, 6) is 0.722. The zero-order valence-corrected chi connectivity index (χ0v) is 13.1. The summed E-state index contributed by atoms with van der Waals surface area (Å²) in [5.41, 5.74) is 0. The van der Waals surface area contributed by atoms with Crippen molar-refractivity contribution in [1.29, 1.82) is 0 Å².